The molecule has 1 aliphatic heterocycles. The standard InChI is InChI=1S/C32H43N3O3/c1-6-7-12-24-15-17-25(18-16-24)35-31(38)34(30(37)32(35)19-9-8-10-20-32)21-28(36)33-29-26(22(2)3)13-11-14-27(29)23(4)5/h11,13-18,22-23H,6-10,12,19-21H2,1-5H3,(H,33,36). The lowest BCUT2D eigenvalue weighted by atomic mass is 9.80. The first-order valence-corrected chi connectivity index (χ1v) is 14.4. The predicted molar refractivity (Wildman–Crippen MR) is 154 cm³/mol. The van der Waals surface area contributed by atoms with Crippen molar-refractivity contribution in [3.8, 4) is 0 Å². The highest BCUT2D eigenvalue weighted by atomic mass is 16.2. The molecule has 1 aliphatic carbocycles. The fraction of sp³-hybridized carbons (Fsp3) is 0.531. The SMILES string of the molecule is CCCCc1ccc(N2C(=O)N(CC(=O)Nc3c(C(C)C)cccc3C(C)C)C(=O)C23CCCCC3)cc1. The molecule has 1 heterocycles. The number of para-hydroxylation sites is 1. The van der Waals surface area contributed by atoms with Gasteiger partial charge in [0, 0.05) is 11.4 Å². The van der Waals surface area contributed by atoms with Crippen LogP contribution in [-0.4, -0.2) is 34.8 Å². The van der Waals surface area contributed by atoms with Gasteiger partial charge in [0.25, 0.3) is 5.91 Å². The number of carbonyl (C=O) groups excluding carboxylic acids is 3. The Bertz CT molecular complexity index is 1140. The minimum absolute atomic E-state index is 0.223. The van der Waals surface area contributed by atoms with Crippen molar-refractivity contribution in [1.82, 2.24) is 4.90 Å². The molecule has 1 N–H and O–H groups in total. The zero-order valence-corrected chi connectivity index (χ0v) is 23.7. The van der Waals surface area contributed by atoms with E-state index in [1.807, 2.05) is 30.3 Å². The van der Waals surface area contributed by atoms with E-state index in [0.717, 1.165) is 61.0 Å². The molecule has 38 heavy (non-hydrogen) atoms. The van der Waals surface area contributed by atoms with Crippen LogP contribution < -0.4 is 10.2 Å². The molecule has 2 fully saturated rings. The van der Waals surface area contributed by atoms with Crippen molar-refractivity contribution in [2.75, 3.05) is 16.8 Å². The first kappa shape index (κ1) is 27.9. The number of amides is 4. The molecule has 204 valence electrons. The van der Waals surface area contributed by atoms with Gasteiger partial charge in [-0.2, -0.15) is 0 Å². The third-order valence-electron chi connectivity index (χ3n) is 8.13. The second-order valence-electron chi connectivity index (χ2n) is 11.5. The molecule has 1 saturated carbocycles. The third kappa shape index (κ3) is 5.36. The zero-order valence-electron chi connectivity index (χ0n) is 23.7. The maximum Gasteiger partial charge on any atom is 0.332 e. The van der Waals surface area contributed by atoms with Gasteiger partial charge < -0.3 is 5.32 Å². The van der Waals surface area contributed by atoms with Gasteiger partial charge in [-0.15, -0.1) is 0 Å². The molecule has 0 radical (unpaired) electrons. The average molecular weight is 518 g/mol. The molecule has 0 bridgehead atoms. The average Bonchev–Trinajstić information content (AvgIpc) is 3.09. The smallest absolute Gasteiger partial charge is 0.324 e. The number of benzene rings is 2. The summed E-state index contributed by atoms with van der Waals surface area (Å²) in [6.45, 7) is 10.3. The molecule has 0 unspecified atom stereocenters. The van der Waals surface area contributed by atoms with Gasteiger partial charge in [0.05, 0.1) is 0 Å². The molecule has 2 aromatic carbocycles. The van der Waals surface area contributed by atoms with E-state index in [-0.39, 0.29) is 30.2 Å². The number of nitrogens with zero attached hydrogens (tertiary/aromatic N) is 2. The summed E-state index contributed by atoms with van der Waals surface area (Å²) in [5, 5.41) is 3.08. The van der Waals surface area contributed by atoms with E-state index in [4.69, 9.17) is 0 Å². The minimum Gasteiger partial charge on any atom is -0.324 e. The third-order valence-corrected chi connectivity index (χ3v) is 8.13. The van der Waals surface area contributed by atoms with Crippen LogP contribution in [0.25, 0.3) is 0 Å². The predicted octanol–water partition coefficient (Wildman–Crippen LogP) is 7.39. The van der Waals surface area contributed by atoms with E-state index in [9.17, 15) is 14.4 Å². The summed E-state index contributed by atoms with van der Waals surface area (Å²) < 4.78 is 0. The van der Waals surface area contributed by atoms with E-state index in [1.165, 1.54) is 10.5 Å². The summed E-state index contributed by atoms with van der Waals surface area (Å²) in [7, 11) is 0. The van der Waals surface area contributed by atoms with Crippen LogP contribution in [0.3, 0.4) is 0 Å². The molecular formula is C32H43N3O3. The van der Waals surface area contributed by atoms with Crippen molar-refractivity contribution < 1.29 is 14.4 Å². The number of anilines is 2. The summed E-state index contributed by atoms with van der Waals surface area (Å²) in [6, 6.07) is 13.7. The van der Waals surface area contributed by atoms with Crippen LogP contribution in [0, 0.1) is 0 Å². The topological polar surface area (TPSA) is 69.7 Å². The number of hydrogen-bond acceptors (Lipinski definition) is 3. The monoisotopic (exact) mass is 517 g/mol. The number of carbonyl (C=O) groups is 3. The molecule has 4 rings (SSSR count). The van der Waals surface area contributed by atoms with Crippen molar-refractivity contribution in [2.24, 2.45) is 0 Å². The van der Waals surface area contributed by atoms with Crippen molar-refractivity contribution in [2.45, 2.75) is 103 Å². The Morgan fingerprint density at radius 2 is 1.53 bits per heavy atom. The number of rotatable bonds is 9. The molecular weight excluding hydrogens is 474 g/mol. The first-order chi connectivity index (χ1) is 18.2. The van der Waals surface area contributed by atoms with E-state index in [1.54, 1.807) is 4.90 Å². The lowest BCUT2D eigenvalue weighted by molar-refractivity contribution is -0.134. The van der Waals surface area contributed by atoms with Crippen LogP contribution in [-0.2, 0) is 16.0 Å². The Morgan fingerprint density at radius 1 is 0.921 bits per heavy atom. The Balaban J connectivity index is 1.61. The summed E-state index contributed by atoms with van der Waals surface area (Å²) in [4.78, 5) is 44.0. The molecule has 0 atom stereocenters. The maximum absolute atomic E-state index is 13.9. The van der Waals surface area contributed by atoms with Gasteiger partial charge in [0.1, 0.15) is 12.1 Å². The number of aryl methyl sites for hydroxylation is 1. The first-order valence-electron chi connectivity index (χ1n) is 14.4. The van der Waals surface area contributed by atoms with Gasteiger partial charge >= 0.3 is 6.03 Å². The Kier molecular flexibility index (Phi) is 8.59. The van der Waals surface area contributed by atoms with E-state index < -0.39 is 11.6 Å². The molecule has 1 saturated heterocycles. The van der Waals surface area contributed by atoms with Gasteiger partial charge in [0.2, 0.25) is 5.91 Å². The second kappa shape index (κ2) is 11.7. The van der Waals surface area contributed by atoms with Crippen molar-refractivity contribution in [1.29, 1.82) is 0 Å². The van der Waals surface area contributed by atoms with E-state index in [0.29, 0.717) is 12.8 Å². The number of hydrogen-bond donors (Lipinski definition) is 1. The maximum atomic E-state index is 13.9. The van der Waals surface area contributed by atoms with Gasteiger partial charge in [-0.3, -0.25) is 19.4 Å². The largest absolute Gasteiger partial charge is 0.332 e. The number of urea groups is 1. The minimum atomic E-state index is -0.903. The highest BCUT2D eigenvalue weighted by Gasteiger charge is 2.58. The lowest BCUT2D eigenvalue weighted by Gasteiger charge is -2.38. The second-order valence-corrected chi connectivity index (χ2v) is 11.5. The highest BCUT2D eigenvalue weighted by Crippen LogP contribution is 2.43. The molecule has 2 aromatic rings. The van der Waals surface area contributed by atoms with E-state index >= 15 is 0 Å². The lowest BCUT2D eigenvalue weighted by Crippen LogP contribution is -2.51. The summed E-state index contributed by atoms with van der Waals surface area (Å²) in [5.74, 6) is -0.140. The molecule has 4 amide bonds. The van der Waals surface area contributed by atoms with Crippen LogP contribution in [0.1, 0.15) is 108 Å². The van der Waals surface area contributed by atoms with E-state index in [2.05, 4.69) is 52.1 Å². The van der Waals surface area contributed by atoms with Crippen LogP contribution in [0.5, 0.6) is 0 Å². The zero-order chi connectivity index (χ0) is 27.4. The molecule has 0 aromatic heterocycles. The van der Waals surface area contributed by atoms with Gasteiger partial charge in [-0.25, -0.2) is 4.79 Å². The normalized spacial score (nSPS) is 17.2. The molecule has 6 heteroatoms. The fourth-order valence-corrected chi connectivity index (χ4v) is 6.02. The van der Waals surface area contributed by atoms with Crippen LogP contribution >= 0.6 is 0 Å². The Morgan fingerprint density at radius 3 is 2.08 bits per heavy atom. The summed E-state index contributed by atoms with van der Waals surface area (Å²) >= 11 is 0. The van der Waals surface area contributed by atoms with Crippen LogP contribution in [0.4, 0.5) is 16.2 Å². The van der Waals surface area contributed by atoms with Gasteiger partial charge in [-0.05, 0) is 66.3 Å². The molecule has 2 aliphatic rings. The van der Waals surface area contributed by atoms with Crippen LogP contribution in [0.2, 0.25) is 0 Å². The quantitative estimate of drug-likeness (QED) is 0.353. The molecule has 6 nitrogen and oxygen atoms in total. The number of imide groups is 1. The van der Waals surface area contributed by atoms with Crippen molar-refractivity contribution >= 4 is 29.2 Å². The number of unbranched alkanes of at least 4 members (excludes halogenated alkanes) is 1. The van der Waals surface area contributed by atoms with Gasteiger partial charge in [-0.1, -0.05) is 90.6 Å². The van der Waals surface area contributed by atoms with Crippen molar-refractivity contribution in [3.63, 3.8) is 0 Å². The van der Waals surface area contributed by atoms with Crippen molar-refractivity contribution in [3.05, 3.63) is 59.2 Å². The fourth-order valence-electron chi connectivity index (χ4n) is 6.02. The molecule has 1 spiro atoms. The van der Waals surface area contributed by atoms with Crippen LogP contribution in [0.15, 0.2) is 42.5 Å². The van der Waals surface area contributed by atoms with Gasteiger partial charge in [0.15, 0.2) is 0 Å². The Hall–Kier alpha value is -3.15. The highest BCUT2D eigenvalue weighted by molar-refractivity contribution is 6.18. The summed E-state index contributed by atoms with van der Waals surface area (Å²) in [6.07, 6.45) is 7.33. The Labute approximate surface area is 227 Å². The number of nitrogens with one attached hydrogen (secondary N) is 1. The summed E-state index contributed by atoms with van der Waals surface area (Å²) in [5.41, 5.74) is 3.97.